The molecule has 0 aromatic carbocycles. The molecule has 0 fully saturated rings. The van der Waals surface area contributed by atoms with Gasteiger partial charge in [-0.1, -0.05) is 0 Å². The van der Waals surface area contributed by atoms with E-state index in [0.29, 0.717) is 0 Å². The summed E-state index contributed by atoms with van der Waals surface area (Å²) in [7, 11) is 0. The highest BCUT2D eigenvalue weighted by molar-refractivity contribution is 5.77. The fraction of sp³-hybridized carbons (Fsp3) is 0.667. The number of hydrogen-bond acceptors (Lipinski definition) is 4. The molecular formula is C9H16NO4. The SMILES string of the molecule is [CH2]C(NC(C)=O)C(CO)C(=O)OCC. The highest BCUT2D eigenvalue weighted by Crippen LogP contribution is 2.05. The van der Waals surface area contributed by atoms with Crippen LogP contribution in [-0.4, -0.2) is 36.2 Å². The Kier molecular flexibility index (Phi) is 5.87. The molecule has 0 spiro atoms. The van der Waals surface area contributed by atoms with Gasteiger partial charge >= 0.3 is 5.97 Å². The molecule has 81 valence electrons. The van der Waals surface area contributed by atoms with E-state index in [2.05, 4.69) is 12.2 Å². The number of carbonyl (C=O) groups is 2. The van der Waals surface area contributed by atoms with Crippen molar-refractivity contribution in [2.24, 2.45) is 5.92 Å². The molecule has 0 saturated heterocycles. The Hall–Kier alpha value is -1.10. The van der Waals surface area contributed by atoms with Crippen LogP contribution in [0.2, 0.25) is 0 Å². The highest BCUT2D eigenvalue weighted by atomic mass is 16.5. The molecule has 0 rings (SSSR count). The Bertz CT molecular complexity index is 205. The molecule has 2 unspecified atom stereocenters. The topological polar surface area (TPSA) is 75.6 Å². The smallest absolute Gasteiger partial charge is 0.313 e. The van der Waals surface area contributed by atoms with E-state index in [0.717, 1.165) is 0 Å². The van der Waals surface area contributed by atoms with Crippen LogP contribution < -0.4 is 5.32 Å². The van der Waals surface area contributed by atoms with Crippen LogP contribution in [0.5, 0.6) is 0 Å². The Morgan fingerprint density at radius 3 is 2.50 bits per heavy atom. The maximum absolute atomic E-state index is 11.2. The van der Waals surface area contributed by atoms with Gasteiger partial charge in [0.1, 0.15) is 5.92 Å². The zero-order valence-corrected chi connectivity index (χ0v) is 8.45. The predicted molar refractivity (Wildman–Crippen MR) is 50.2 cm³/mol. The lowest BCUT2D eigenvalue weighted by molar-refractivity contribution is -0.150. The van der Waals surface area contributed by atoms with Crippen LogP contribution in [-0.2, 0) is 14.3 Å². The average molecular weight is 202 g/mol. The zero-order valence-electron chi connectivity index (χ0n) is 8.45. The third kappa shape index (κ3) is 4.23. The molecule has 0 saturated carbocycles. The second-order valence-electron chi connectivity index (χ2n) is 2.85. The molecule has 0 aliphatic heterocycles. The maximum Gasteiger partial charge on any atom is 0.313 e. The molecule has 0 aliphatic rings. The van der Waals surface area contributed by atoms with Crippen LogP contribution in [0.15, 0.2) is 0 Å². The molecule has 5 heteroatoms. The van der Waals surface area contributed by atoms with Crippen LogP contribution in [0.3, 0.4) is 0 Å². The van der Waals surface area contributed by atoms with Gasteiger partial charge in [0.05, 0.1) is 13.2 Å². The third-order valence-electron chi connectivity index (χ3n) is 1.66. The minimum Gasteiger partial charge on any atom is -0.466 e. The average Bonchev–Trinajstić information content (AvgIpc) is 2.04. The summed E-state index contributed by atoms with van der Waals surface area (Å²) in [6, 6.07) is -0.670. The number of ether oxygens (including phenoxy) is 1. The Morgan fingerprint density at radius 2 is 2.14 bits per heavy atom. The highest BCUT2D eigenvalue weighted by Gasteiger charge is 2.26. The van der Waals surface area contributed by atoms with Gasteiger partial charge in [-0.2, -0.15) is 0 Å². The number of hydrogen-bond donors (Lipinski definition) is 2. The van der Waals surface area contributed by atoms with Crippen molar-refractivity contribution in [2.45, 2.75) is 19.9 Å². The van der Waals surface area contributed by atoms with Crippen molar-refractivity contribution in [2.75, 3.05) is 13.2 Å². The van der Waals surface area contributed by atoms with Crippen molar-refractivity contribution in [3.8, 4) is 0 Å². The fourth-order valence-corrected chi connectivity index (χ4v) is 0.977. The number of amides is 1. The minimum absolute atomic E-state index is 0.238. The minimum atomic E-state index is -0.807. The largest absolute Gasteiger partial charge is 0.466 e. The van der Waals surface area contributed by atoms with E-state index < -0.39 is 24.5 Å². The third-order valence-corrected chi connectivity index (χ3v) is 1.66. The Labute approximate surface area is 83.4 Å². The van der Waals surface area contributed by atoms with Crippen LogP contribution in [0.25, 0.3) is 0 Å². The number of esters is 1. The van der Waals surface area contributed by atoms with E-state index in [1.54, 1.807) is 6.92 Å². The van der Waals surface area contributed by atoms with Crippen molar-refractivity contribution in [1.82, 2.24) is 5.32 Å². The first kappa shape index (κ1) is 12.9. The van der Waals surface area contributed by atoms with Gasteiger partial charge in [0.25, 0.3) is 0 Å². The number of aliphatic hydroxyl groups excluding tert-OH is 1. The van der Waals surface area contributed by atoms with Crippen molar-refractivity contribution in [3.63, 3.8) is 0 Å². The lowest BCUT2D eigenvalue weighted by atomic mass is 10.0. The molecule has 2 N–H and O–H groups in total. The summed E-state index contributed by atoms with van der Waals surface area (Å²) in [4.78, 5) is 21.9. The number of aliphatic hydroxyl groups is 1. The van der Waals surface area contributed by atoms with E-state index in [-0.39, 0.29) is 12.5 Å². The van der Waals surface area contributed by atoms with Crippen molar-refractivity contribution in [3.05, 3.63) is 6.92 Å². The second-order valence-corrected chi connectivity index (χ2v) is 2.85. The molecule has 1 radical (unpaired) electrons. The summed E-state index contributed by atoms with van der Waals surface area (Å²) >= 11 is 0. The molecule has 0 aromatic rings. The normalized spacial score (nSPS) is 14.3. The molecule has 14 heavy (non-hydrogen) atoms. The molecule has 2 atom stereocenters. The summed E-state index contributed by atoms with van der Waals surface area (Å²) < 4.78 is 4.71. The predicted octanol–water partition coefficient (Wildman–Crippen LogP) is -0.503. The first-order valence-electron chi connectivity index (χ1n) is 4.40. The van der Waals surface area contributed by atoms with Crippen LogP contribution >= 0.6 is 0 Å². The summed E-state index contributed by atoms with van der Waals surface area (Å²) in [5.74, 6) is -1.66. The number of nitrogens with one attached hydrogen (secondary N) is 1. The fourth-order valence-electron chi connectivity index (χ4n) is 0.977. The van der Waals surface area contributed by atoms with Crippen LogP contribution in [0.4, 0.5) is 0 Å². The first-order chi connectivity index (χ1) is 6.52. The summed E-state index contributed by atoms with van der Waals surface area (Å²) in [5, 5.41) is 11.3. The zero-order chi connectivity index (χ0) is 11.1. The molecule has 0 bridgehead atoms. The van der Waals surface area contributed by atoms with Gasteiger partial charge in [-0.15, -0.1) is 0 Å². The van der Waals surface area contributed by atoms with Gasteiger partial charge in [0.2, 0.25) is 5.91 Å². The Morgan fingerprint density at radius 1 is 1.57 bits per heavy atom. The van der Waals surface area contributed by atoms with Gasteiger partial charge in [0.15, 0.2) is 0 Å². The molecule has 1 amide bonds. The number of rotatable bonds is 5. The van der Waals surface area contributed by atoms with Gasteiger partial charge in [-0.25, -0.2) is 0 Å². The molecule has 5 nitrogen and oxygen atoms in total. The van der Waals surface area contributed by atoms with E-state index >= 15 is 0 Å². The Balaban J connectivity index is 4.23. The van der Waals surface area contributed by atoms with Crippen LogP contribution in [0, 0.1) is 12.8 Å². The molecule has 0 heterocycles. The van der Waals surface area contributed by atoms with E-state index in [4.69, 9.17) is 9.84 Å². The molecule has 0 aromatic heterocycles. The van der Waals surface area contributed by atoms with Crippen LogP contribution in [0.1, 0.15) is 13.8 Å². The molecule has 0 aliphatic carbocycles. The standard InChI is InChI=1S/C9H16NO4/c1-4-14-9(13)8(5-11)6(2)10-7(3)12/h6,8,11H,2,4-5H2,1,3H3,(H,10,12). The molecular weight excluding hydrogens is 186 g/mol. The summed E-state index contributed by atoms with van der Waals surface area (Å²) in [5.41, 5.74) is 0. The lowest BCUT2D eigenvalue weighted by Crippen LogP contribution is -2.42. The van der Waals surface area contributed by atoms with E-state index in [1.165, 1.54) is 6.92 Å². The summed E-state index contributed by atoms with van der Waals surface area (Å²) in [6.45, 7) is 6.39. The van der Waals surface area contributed by atoms with Gasteiger partial charge < -0.3 is 15.2 Å². The first-order valence-corrected chi connectivity index (χ1v) is 4.40. The van der Waals surface area contributed by atoms with Gasteiger partial charge in [-0.05, 0) is 13.8 Å². The van der Waals surface area contributed by atoms with Crippen molar-refractivity contribution >= 4 is 11.9 Å². The van der Waals surface area contributed by atoms with Gasteiger partial charge in [-0.3, -0.25) is 9.59 Å². The van der Waals surface area contributed by atoms with E-state index in [1.807, 2.05) is 0 Å². The van der Waals surface area contributed by atoms with Gasteiger partial charge in [0, 0.05) is 13.0 Å². The second kappa shape index (κ2) is 6.37. The monoisotopic (exact) mass is 202 g/mol. The summed E-state index contributed by atoms with van der Waals surface area (Å²) in [6.07, 6.45) is 0. The lowest BCUT2D eigenvalue weighted by Gasteiger charge is -2.20. The van der Waals surface area contributed by atoms with E-state index in [9.17, 15) is 9.59 Å². The quantitative estimate of drug-likeness (QED) is 0.589. The van der Waals surface area contributed by atoms with Crippen molar-refractivity contribution < 1.29 is 19.4 Å². The van der Waals surface area contributed by atoms with Crippen molar-refractivity contribution in [1.29, 1.82) is 0 Å². The number of carbonyl (C=O) groups excluding carboxylic acids is 2. The maximum atomic E-state index is 11.2.